The van der Waals surface area contributed by atoms with E-state index in [1.54, 1.807) is 12.1 Å². The molecule has 0 radical (unpaired) electrons. The maximum absolute atomic E-state index is 12.2. The molecule has 0 aliphatic carbocycles. The lowest BCUT2D eigenvalue weighted by atomic mass is 10.1. The summed E-state index contributed by atoms with van der Waals surface area (Å²) < 4.78 is 5.02. The van der Waals surface area contributed by atoms with Gasteiger partial charge in [0.2, 0.25) is 5.89 Å². The third-order valence-corrected chi connectivity index (χ3v) is 3.78. The van der Waals surface area contributed by atoms with Gasteiger partial charge < -0.3 is 9.36 Å². The molecule has 0 bridgehead atoms. The lowest BCUT2D eigenvalue weighted by Gasteiger charge is -2.10. The van der Waals surface area contributed by atoms with Gasteiger partial charge in [0.05, 0.1) is 17.5 Å². The molecule has 1 aromatic heterocycles. The van der Waals surface area contributed by atoms with Crippen LogP contribution in [0.4, 0.5) is 0 Å². The zero-order chi connectivity index (χ0) is 18.1. The molecule has 0 N–H and O–H groups in total. The number of nitrogens with zero attached hydrogens (tertiary/aromatic N) is 3. The van der Waals surface area contributed by atoms with E-state index in [0.29, 0.717) is 11.5 Å². The summed E-state index contributed by atoms with van der Waals surface area (Å²) >= 11 is 0. The van der Waals surface area contributed by atoms with E-state index in [2.05, 4.69) is 10.1 Å². The van der Waals surface area contributed by atoms with Crippen LogP contribution in [-0.2, 0) is 11.3 Å². The van der Waals surface area contributed by atoms with E-state index in [4.69, 9.17) is 9.36 Å². The van der Waals surface area contributed by atoms with Gasteiger partial charge in [-0.15, -0.1) is 0 Å². The van der Waals surface area contributed by atoms with E-state index in [9.17, 15) is 14.4 Å². The molecule has 0 saturated carbocycles. The fourth-order valence-corrected chi connectivity index (χ4v) is 2.55. The second-order valence-corrected chi connectivity index (χ2v) is 5.50. The molecule has 0 spiro atoms. The number of fused-ring (bicyclic) bond motifs is 1. The topological polar surface area (TPSA) is 103 Å². The number of hydrogen-bond acceptors (Lipinski definition) is 7. The first kappa shape index (κ1) is 15.7. The maximum atomic E-state index is 12.2. The van der Waals surface area contributed by atoms with Gasteiger partial charge >= 0.3 is 5.97 Å². The quantitative estimate of drug-likeness (QED) is 0.664. The van der Waals surface area contributed by atoms with Gasteiger partial charge in [-0.1, -0.05) is 47.5 Å². The first-order valence-corrected chi connectivity index (χ1v) is 7.70. The summed E-state index contributed by atoms with van der Waals surface area (Å²) in [4.78, 5) is 45.3. The predicted molar refractivity (Wildman–Crippen MR) is 85.9 cm³/mol. The van der Waals surface area contributed by atoms with Crippen LogP contribution >= 0.6 is 0 Å². The number of aromatic nitrogens is 2. The highest BCUT2D eigenvalue weighted by Crippen LogP contribution is 2.23. The van der Waals surface area contributed by atoms with E-state index >= 15 is 0 Å². The number of benzene rings is 2. The van der Waals surface area contributed by atoms with Crippen LogP contribution in [0.5, 0.6) is 0 Å². The third-order valence-electron chi connectivity index (χ3n) is 3.78. The molecule has 0 fully saturated rings. The maximum Gasteiger partial charge on any atom is 0.404 e. The fourth-order valence-electron chi connectivity index (χ4n) is 2.55. The minimum atomic E-state index is -1.05. The van der Waals surface area contributed by atoms with Crippen molar-refractivity contribution in [2.24, 2.45) is 0 Å². The summed E-state index contributed by atoms with van der Waals surface area (Å²) in [7, 11) is 0. The molecule has 0 unspecified atom stereocenters. The predicted octanol–water partition coefficient (Wildman–Crippen LogP) is 2.03. The van der Waals surface area contributed by atoms with Gasteiger partial charge in [-0.05, 0) is 22.9 Å². The van der Waals surface area contributed by atoms with Crippen LogP contribution < -0.4 is 0 Å². The van der Waals surface area contributed by atoms with E-state index in [0.717, 1.165) is 5.56 Å². The normalized spacial score (nSPS) is 13.0. The lowest BCUT2D eigenvalue weighted by molar-refractivity contribution is -0.0594. The van der Waals surface area contributed by atoms with Crippen molar-refractivity contribution >= 4 is 17.8 Å². The minimum absolute atomic E-state index is 0.170. The van der Waals surface area contributed by atoms with Gasteiger partial charge in [-0.2, -0.15) is 4.98 Å². The Morgan fingerprint density at radius 1 is 0.962 bits per heavy atom. The van der Waals surface area contributed by atoms with Crippen molar-refractivity contribution in [1.82, 2.24) is 15.2 Å². The van der Waals surface area contributed by atoms with Crippen molar-refractivity contribution in [2.45, 2.75) is 6.42 Å². The van der Waals surface area contributed by atoms with Crippen molar-refractivity contribution in [3.05, 3.63) is 83.0 Å². The number of hydroxylamine groups is 2. The van der Waals surface area contributed by atoms with Crippen molar-refractivity contribution in [3.8, 4) is 0 Å². The number of carbonyl (C=O) groups excluding carboxylic acids is 3. The van der Waals surface area contributed by atoms with E-state index in [1.807, 2.05) is 30.3 Å². The summed E-state index contributed by atoms with van der Waals surface area (Å²) in [5.41, 5.74) is 1.27. The number of carbonyl (C=O) groups is 3. The average Bonchev–Trinajstić information content (AvgIpc) is 3.22. The first-order chi connectivity index (χ1) is 12.6. The zero-order valence-electron chi connectivity index (χ0n) is 13.3. The molecule has 2 aromatic carbocycles. The minimum Gasteiger partial charge on any atom is -0.338 e. The summed E-state index contributed by atoms with van der Waals surface area (Å²) in [6, 6.07) is 15.6. The van der Waals surface area contributed by atoms with Crippen LogP contribution in [0.2, 0.25) is 0 Å². The standard InChI is InChI=1S/C18H11N3O5/c22-16-12-8-4-5-9-13(12)17(23)21(16)26-18(24)15-19-14(25-20-15)10-11-6-2-1-3-7-11/h1-9H,10H2. The van der Waals surface area contributed by atoms with Crippen LogP contribution in [0.15, 0.2) is 59.1 Å². The third kappa shape index (κ3) is 2.73. The van der Waals surface area contributed by atoms with Crippen molar-refractivity contribution in [3.63, 3.8) is 0 Å². The molecule has 8 nitrogen and oxygen atoms in total. The van der Waals surface area contributed by atoms with Gasteiger partial charge in [0, 0.05) is 0 Å². The summed E-state index contributed by atoms with van der Waals surface area (Å²) in [6.45, 7) is 0. The number of amides is 2. The number of rotatable bonds is 4. The Hall–Kier alpha value is -3.81. The molecule has 2 heterocycles. The Kier molecular flexibility index (Phi) is 3.77. The van der Waals surface area contributed by atoms with Crippen LogP contribution in [0.1, 0.15) is 42.8 Å². The van der Waals surface area contributed by atoms with Crippen molar-refractivity contribution in [1.29, 1.82) is 0 Å². The monoisotopic (exact) mass is 349 g/mol. The van der Waals surface area contributed by atoms with E-state index < -0.39 is 17.8 Å². The van der Waals surface area contributed by atoms with Crippen molar-refractivity contribution < 1.29 is 23.7 Å². The molecule has 1 aliphatic rings. The molecule has 0 atom stereocenters. The zero-order valence-corrected chi connectivity index (χ0v) is 13.3. The highest BCUT2D eigenvalue weighted by atomic mass is 16.7. The van der Waals surface area contributed by atoms with Gasteiger partial charge in [0.1, 0.15) is 0 Å². The Morgan fingerprint density at radius 2 is 1.58 bits per heavy atom. The second kappa shape index (κ2) is 6.25. The van der Waals surface area contributed by atoms with Gasteiger partial charge in [0.25, 0.3) is 17.6 Å². The van der Waals surface area contributed by atoms with E-state index in [-0.39, 0.29) is 22.8 Å². The second-order valence-electron chi connectivity index (χ2n) is 5.50. The molecule has 1 aliphatic heterocycles. The van der Waals surface area contributed by atoms with Gasteiger partial charge in [0.15, 0.2) is 0 Å². The molecular formula is C18H11N3O5. The van der Waals surface area contributed by atoms with Gasteiger partial charge in [-0.25, -0.2) is 4.79 Å². The summed E-state index contributed by atoms with van der Waals surface area (Å²) in [6.07, 6.45) is 0.341. The molecular weight excluding hydrogens is 338 g/mol. The number of imide groups is 1. The molecule has 26 heavy (non-hydrogen) atoms. The summed E-state index contributed by atoms with van der Waals surface area (Å²) in [5, 5.41) is 3.95. The molecule has 4 rings (SSSR count). The largest absolute Gasteiger partial charge is 0.404 e. The highest BCUT2D eigenvalue weighted by Gasteiger charge is 2.39. The fraction of sp³-hybridized carbons (Fsp3) is 0.0556. The smallest absolute Gasteiger partial charge is 0.338 e. The van der Waals surface area contributed by atoms with Crippen LogP contribution in [-0.4, -0.2) is 33.0 Å². The molecule has 3 aromatic rings. The SMILES string of the molecule is O=C(ON1C(=O)c2ccccc2C1=O)c1noc(Cc2ccccc2)n1. The van der Waals surface area contributed by atoms with Crippen LogP contribution in [0, 0.1) is 0 Å². The Labute approximate surface area is 146 Å². The van der Waals surface area contributed by atoms with Crippen LogP contribution in [0.25, 0.3) is 0 Å². The Bertz CT molecular complexity index is 977. The van der Waals surface area contributed by atoms with Crippen molar-refractivity contribution in [2.75, 3.05) is 0 Å². The van der Waals surface area contributed by atoms with Crippen LogP contribution in [0.3, 0.4) is 0 Å². The molecule has 0 saturated heterocycles. The highest BCUT2D eigenvalue weighted by molar-refractivity contribution is 6.21. The lowest BCUT2D eigenvalue weighted by Crippen LogP contribution is -2.33. The molecule has 8 heteroatoms. The average molecular weight is 349 g/mol. The molecule has 2 amide bonds. The van der Waals surface area contributed by atoms with E-state index in [1.165, 1.54) is 12.1 Å². The first-order valence-electron chi connectivity index (χ1n) is 7.70. The number of hydrogen-bond donors (Lipinski definition) is 0. The Balaban J connectivity index is 1.48. The molecule has 128 valence electrons. The van der Waals surface area contributed by atoms with Gasteiger partial charge in [-0.3, -0.25) is 9.59 Å². The summed E-state index contributed by atoms with van der Waals surface area (Å²) in [5.74, 6) is -2.64. The Morgan fingerprint density at radius 3 is 2.23 bits per heavy atom.